The average Bonchev–Trinajstić information content (AvgIpc) is 2.47. The van der Waals surface area contributed by atoms with E-state index in [-0.39, 0.29) is 11.8 Å². The molecule has 110 valence electrons. The summed E-state index contributed by atoms with van der Waals surface area (Å²) >= 11 is 5.90. The number of nitrogens with one attached hydrogen (secondary N) is 2. The lowest BCUT2D eigenvalue weighted by Crippen LogP contribution is -2.29. The molecule has 0 atom stereocenters. The Hall–Kier alpha value is -2.34. The number of nitrogens with zero attached hydrogens (tertiary/aromatic N) is 1. The molecule has 0 aliphatic carbocycles. The maximum absolute atomic E-state index is 13.4. The van der Waals surface area contributed by atoms with Crippen LogP contribution in [0, 0.1) is 12.7 Å². The van der Waals surface area contributed by atoms with Crippen LogP contribution in [0.3, 0.4) is 0 Å². The molecule has 2 aromatic rings. The maximum atomic E-state index is 13.4. The molecule has 0 radical (unpaired) electrons. The van der Waals surface area contributed by atoms with Crippen LogP contribution < -0.4 is 15.6 Å². The SMILES string of the molecule is COc1ncc(NNC(=O)c2ccc(Cl)c(C)c2)cc1F. The van der Waals surface area contributed by atoms with Gasteiger partial charge < -0.3 is 4.74 Å². The second kappa shape index (κ2) is 6.41. The van der Waals surface area contributed by atoms with Crippen molar-refractivity contribution in [1.82, 2.24) is 10.4 Å². The van der Waals surface area contributed by atoms with Gasteiger partial charge in [-0.05, 0) is 30.7 Å². The second-order valence-corrected chi connectivity index (χ2v) is 4.67. The van der Waals surface area contributed by atoms with Gasteiger partial charge in [0, 0.05) is 16.7 Å². The van der Waals surface area contributed by atoms with Crippen LogP contribution in [0.5, 0.6) is 5.88 Å². The number of anilines is 1. The van der Waals surface area contributed by atoms with Gasteiger partial charge in [-0.25, -0.2) is 9.37 Å². The first-order chi connectivity index (χ1) is 10.0. The van der Waals surface area contributed by atoms with Gasteiger partial charge in [-0.1, -0.05) is 11.6 Å². The zero-order chi connectivity index (χ0) is 15.4. The van der Waals surface area contributed by atoms with Crippen LogP contribution >= 0.6 is 11.6 Å². The predicted molar refractivity (Wildman–Crippen MR) is 78.0 cm³/mol. The first-order valence-electron chi connectivity index (χ1n) is 6.03. The smallest absolute Gasteiger partial charge is 0.269 e. The minimum Gasteiger partial charge on any atom is -0.479 e. The number of hydrogen-bond donors (Lipinski definition) is 2. The minimum atomic E-state index is -0.626. The standard InChI is InChI=1S/C14H13ClFN3O2/c1-8-5-9(3-4-11(8)15)13(20)19-18-10-6-12(16)14(21-2)17-7-10/h3-7,18H,1-2H3,(H,19,20). The number of aryl methyl sites for hydroxylation is 1. The van der Waals surface area contributed by atoms with Crippen LogP contribution in [-0.4, -0.2) is 18.0 Å². The normalized spacial score (nSPS) is 10.1. The van der Waals surface area contributed by atoms with E-state index in [0.717, 1.165) is 5.56 Å². The Labute approximate surface area is 126 Å². The zero-order valence-electron chi connectivity index (χ0n) is 11.4. The maximum Gasteiger partial charge on any atom is 0.269 e. The lowest BCUT2D eigenvalue weighted by molar-refractivity contribution is 0.0962. The zero-order valence-corrected chi connectivity index (χ0v) is 12.2. The van der Waals surface area contributed by atoms with Gasteiger partial charge in [0.15, 0.2) is 5.82 Å². The highest BCUT2D eigenvalue weighted by atomic mass is 35.5. The summed E-state index contributed by atoms with van der Waals surface area (Å²) in [5, 5.41) is 0.584. The molecular weight excluding hydrogens is 297 g/mol. The van der Waals surface area contributed by atoms with Gasteiger partial charge in [-0.2, -0.15) is 0 Å². The van der Waals surface area contributed by atoms with Crippen molar-refractivity contribution in [3.8, 4) is 5.88 Å². The van der Waals surface area contributed by atoms with E-state index in [1.54, 1.807) is 25.1 Å². The molecule has 0 fully saturated rings. The van der Waals surface area contributed by atoms with Crippen LogP contribution in [0.25, 0.3) is 0 Å². The van der Waals surface area contributed by atoms with Crippen molar-refractivity contribution in [3.05, 3.63) is 52.4 Å². The van der Waals surface area contributed by atoms with Crippen molar-refractivity contribution in [2.75, 3.05) is 12.5 Å². The molecule has 0 saturated carbocycles. The summed E-state index contributed by atoms with van der Waals surface area (Å²) in [5.41, 5.74) is 6.55. The number of benzene rings is 1. The molecule has 5 nitrogen and oxygen atoms in total. The van der Waals surface area contributed by atoms with E-state index in [9.17, 15) is 9.18 Å². The highest BCUT2D eigenvalue weighted by Crippen LogP contribution is 2.17. The van der Waals surface area contributed by atoms with E-state index in [1.807, 2.05) is 0 Å². The molecule has 2 N–H and O–H groups in total. The summed E-state index contributed by atoms with van der Waals surface area (Å²) in [6.07, 6.45) is 1.34. The molecule has 0 aliphatic heterocycles. The fourth-order valence-corrected chi connectivity index (χ4v) is 1.75. The number of aromatic nitrogens is 1. The molecule has 1 aromatic heterocycles. The molecule has 2 rings (SSSR count). The van der Waals surface area contributed by atoms with Gasteiger partial charge in [0.2, 0.25) is 5.88 Å². The van der Waals surface area contributed by atoms with Gasteiger partial charge in [0.25, 0.3) is 5.91 Å². The van der Waals surface area contributed by atoms with E-state index in [2.05, 4.69) is 15.8 Å². The Bertz CT molecular complexity index is 679. The van der Waals surface area contributed by atoms with E-state index < -0.39 is 5.82 Å². The number of halogens is 2. The summed E-state index contributed by atoms with van der Waals surface area (Å²) in [4.78, 5) is 15.7. The van der Waals surface area contributed by atoms with E-state index in [0.29, 0.717) is 16.3 Å². The van der Waals surface area contributed by atoms with Crippen LogP contribution in [0.2, 0.25) is 5.02 Å². The molecule has 0 spiro atoms. The molecule has 0 unspecified atom stereocenters. The van der Waals surface area contributed by atoms with Crippen LogP contribution in [0.15, 0.2) is 30.5 Å². The van der Waals surface area contributed by atoms with Crippen molar-refractivity contribution < 1.29 is 13.9 Å². The van der Waals surface area contributed by atoms with Crippen LogP contribution in [-0.2, 0) is 0 Å². The number of hydrogen-bond acceptors (Lipinski definition) is 4. The van der Waals surface area contributed by atoms with Gasteiger partial charge in [-0.3, -0.25) is 15.6 Å². The Kier molecular flexibility index (Phi) is 4.59. The molecule has 7 heteroatoms. The number of rotatable bonds is 4. The highest BCUT2D eigenvalue weighted by Gasteiger charge is 2.08. The van der Waals surface area contributed by atoms with Gasteiger partial charge in [-0.15, -0.1) is 0 Å². The third-order valence-electron chi connectivity index (χ3n) is 2.74. The van der Waals surface area contributed by atoms with Crippen molar-refractivity contribution in [1.29, 1.82) is 0 Å². The number of carbonyl (C=O) groups excluding carboxylic acids is 1. The number of hydrazine groups is 1. The first-order valence-corrected chi connectivity index (χ1v) is 6.41. The fraction of sp³-hybridized carbons (Fsp3) is 0.143. The van der Waals surface area contributed by atoms with Crippen molar-refractivity contribution in [2.24, 2.45) is 0 Å². The topological polar surface area (TPSA) is 63.2 Å². The van der Waals surface area contributed by atoms with Crippen LogP contribution in [0.1, 0.15) is 15.9 Å². The summed E-state index contributed by atoms with van der Waals surface area (Å²) in [7, 11) is 1.32. The number of carbonyl (C=O) groups is 1. The van der Waals surface area contributed by atoms with E-state index in [1.165, 1.54) is 19.4 Å². The molecular formula is C14H13ClFN3O2. The summed E-state index contributed by atoms with van der Waals surface area (Å²) in [5.74, 6) is -1.11. The van der Waals surface area contributed by atoms with Crippen molar-refractivity contribution in [3.63, 3.8) is 0 Å². The minimum absolute atomic E-state index is 0.111. The predicted octanol–water partition coefficient (Wildman–Crippen LogP) is 2.95. The van der Waals surface area contributed by atoms with E-state index >= 15 is 0 Å². The third kappa shape index (κ3) is 3.61. The monoisotopic (exact) mass is 309 g/mol. The van der Waals surface area contributed by atoms with Crippen molar-refractivity contribution >= 4 is 23.2 Å². The molecule has 0 saturated heterocycles. The largest absolute Gasteiger partial charge is 0.479 e. The molecule has 21 heavy (non-hydrogen) atoms. The second-order valence-electron chi connectivity index (χ2n) is 4.26. The van der Waals surface area contributed by atoms with E-state index in [4.69, 9.17) is 16.3 Å². The first kappa shape index (κ1) is 15.1. The average molecular weight is 310 g/mol. The van der Waals surface area contributed by atoms with Gasteiger partial charge in [0.05, 0.1) is 19.0 Å². The number of amides is 1. The van der Waals surface area contributed by atoms with Crippen molar-refractivity contribution in [2.45, 2.75) is 6.92 Å². The van der Waals surface area contributed by atoms with Crippen LogP contribution in [0.4, 0.5) is 10.1 Å². The fourth-order valence-electron chi connectivity index (χ4n) is 1.63. The molecule has 0 aliphatic rings. The molecule has 1 amide bonds. The third-order valence-corrected chi connectivity index (χ3v) is 3.17. The highest BCUT2D eigenvalue weighted by molar-refractivity contribution is 6.31. The number of methoxy groups -OCH3 is 1. The quantitative estimate of drug-likeness (QED) is 0.852. The molecule has 1 aromatic carbocycles. The summed E-state index contributed by atoms with van der Waals surface area (Å²) < 4.78 is 18.1. The lowest BCUT2D eigenvalue weighted by Gasteiger charge is -2.10. The van der Waals surface area contributed by atoms with Gasteiger partial charge in [0.1, 0.15) is 0 Å². The Balaban J connectivity index is 2.03. The summed E-state index contributed by atoms with van der Waals surface area (Å²) in [6.45, 7) is 1.80. The summed E-state index contributed by atoms with van der Waals surface area (Å²) in [6, 6.07) is 6.06. The Morgan fingerprint density at radius 2 is 2.14 bits per heavy atom. The lowest BCUT2D eigenvalue weighted by atomic mass is 10.1. The molecule has 1 heterocycles. The van der Waals surface area contributed by atoms with Gasteiger partial charge >= 0.3 is 0 Å². The Morgan fingerprint density at radius 3 is 2.76 bits per heavy atom. The molecule has 0 bridgehead atoms. The number of pyridine rings is 1. The number of ether oxygens (including phenoxy) is 1. The Morgan fingerprint density at radius 1 is 1.38 bits per heavy atom.